The van der Waals surface area contributed by atoms with Crippen LogP contribution in [0.1, 0.15) is 59.2 Å². The molecular formula is C14H28N4. The number of anilines is 2. The fraction of sp³-hybridized carbons (Fsp3) is 0.786. The van der Waals surface area contributed by atoms with Gasteiger partial charge in [-0.3, -0.25) is 0 Å². The van der Waals surface area contributed by atoms with Crippen molar-refractivity contribution in [2.24, 2.45) is 5.92 Å². The third kappa shape index (κ3) is 3.65. The number of aryl methyl sites for hydroxylation is 1. The Bertz CT molecular complexity index is 379. The Morgan fingerprint density at radius 3 is 2.28 bits per heavy atom. The predicted octanol–water partition coefficient (Wildman–Crippen LogP) is 3.59. The van der Waals surface area contributed by atoms with Gasteiger partial charge in [-0.05, 0) is 46.5 Å². The number of hydrogen-bond donors (Lipinski definition) is 2. The van der Waals surface area contributed by atoms with Crippen molar-refractivity contribution in [1.82, 2.24) is 9.78 Å². The molecule has 0 spiro atoms. The van der Waals surface area contributed by atoms with Gasteiger partial charge in [0.05, 0.1) is 11.4 Å². The number of aromatic nitrogens is 2. The van der Waals surface area contributed by atoms with E-state index in [9.17, 15) is 0 Å². The van der Waals surface area contributed by atoms with Crippen molar-refractivity contribution < 1.29 is 0 Å². The fourth-order valence-electron chi connectivity index (χ4n) is 1.97. The molecule has 0 saturated heterocycles. The normalized spacial score (nSPS) is 13.3. The van der Waals surface area contributed by atoms with Crippen LogP contribution in [0.5, 0.6) is 0 Å². The van der Waals surface area contributed by atoms with Gasteiger partial charge < -0.3 is 11.1 Å². The Labute approximate surface area is 111 Å². The van der Waals surface area contributed by atoms with Crippen molar-refractivity contribution in [1.29, 1.82) is 0 Å². The first kappa shape index (κ1) is 14.9. The minimum atomic E-state index is 0.320. The summed E-state index contributed by atoms with van der Waals surface area (Å²) in [6, 6.07) is 0.740. The van der Waals surface area contributed by atoms with E-state index in [0.717, 1.165) is 29.5 Å². The Hall–Kier alpha value is -1.19. The van der Waals surface area contributed by atoms with E-state index >= 15 is 0 Å². The standard InChI is InChI=1S/C14H28N4/c1-9(2)7-8-11(5)16-14-13(15)12(6)17-18(14)10(3)4/h9-11,16H,7-8,15H2,1-6H3. The molecule has 3 N–H and O–H groups in total. The molecule has 0 bridgehead atoms. The summed E-state index contributed by atoms with van der Waals surface area (Å²) in [7, 11) is 0. The molecule has 18 heavy (non-hydrogen) atoms. The van der Waals surface area contributed by atoms with Crippen LogP contribution in [-0.4, -0.2) is 15.8 Å². The summed E-state index contributed by atoms with van der Waals surface area (Å²) in [5.41, 5.74) is 7.78. The number of nitrogens with one attached hydrogen (secondary N) is 1. The van der Waals surface area contributed by atoms with Crippen molar-refractivity contribution in [3.63, 3.8) is 0 Å². The van der Waals surface area contributed by atoms with E-state index in [1.54, 1.807) is 0 Å². The maximum Gasteiger partial charge on any atom is 0.148 e. The van der Waals surface area contributed by atoms with Crippen LogP contribution < -0.4 is 11.1 Å². The first-order valence-corrected chi connectivity index (χ1v) is 6.94. The molecule has 4 nitrogen and oxygen atoms in total. The van der Waals surface area contributed by atoms with Crippen molar-refractivity contribution in [3.05, 3.63) is 5.69 Å². The molecule has 1 unspecified atom stereocenters. The molecule has 1 aromatic rings. The number of nitrogen functional groups attached to an aromatic ring is 1. The van der Waals surface area contributed by atoms with Gasteiger partial charge in [-0.25, -0.2) is 4.68 Å². The lowest BCUT2D eigenvalue weighted by Gasteiger charge is -2.19. The molecular weight excluding hydrogens is 224 g/mol. The van der Waals surface area contributed by atoms with Crippen LogP contribution in [0.2, 0.25) is 0 Å². The van der Waals surface area contributed by atoms with Crippen molar-refractivity contribution in [2.45, 2.75) is 66.5 Å². The lowest BCUT2D eigenvalue weighted by atomic mass is 10.0. The average molecular weight is 252 g/mol. The van der Waals surface area contributed by atoms with Crippen LogP contribution in [0, 0.1) is 12.8 Å². The zero-order valence-electron chi connectivity index (χ0n) is 12.6. The summed E-state index contributed by atoms with van der Waals surface area (Å²) in [6.45, 7) is 12.9. The first-order valence-electron chi connectivity index (χ1n) is 6.94. The van der Waals surface area contributed by atoms with E-state index in [4.69, 9.17) is 5.73 Å². The quantitative estimate of drug-likeness (QED) is 0.813. The van der Waals surface area contributed by atoms with Gasteiger partial charge in [0, 0.05) is 12.1 Å². The van der Waals surface area contributed by atoms with E-state index in [2.05, 4.69) is 45.0 Å². The molecule has 4 heteroatoms. The van der Waals surface area contributed by atoms with Crippen molar-refractivity contribution in [3.8, 4) is 0 Å². The summed E-state index contributed by atoms with van der Waals surface area (Å²) < 4.78 is 1.98. The highest BCUT2D eigenvalue weighted by Gasteiger charge is 2.16. The monoisotopic (exact) mass is 252 g/mol. The maximum atomic E-state index is 6.10. The van der Waals surface area contributed by atoms with E-state index in [0.29, 0.717) is 12.1 Å². The highest BCUT2D eigenvalue weighted by atomic mass is 15.4. The van der Waals surface area contributed by atoms with Gasteiger partial charge in [-0.15, -0.1) is 0 Å². The van der Waals surface area contributed by atoms with Gasteiger partial charge in [-0.2, -0.15) is 5.10 Å². The average Bonchev–Trinajstić information content (AvgIpc) is 2.54. The van der Waals surface area contributed by atoms with Crippen LogP contribution in [0.3, 0.4) is 0 Å². The predicted molar refractivity (Wildman–Crippen MR) is 78.9 cm³/mol. The van der Waals surface area contributed by atoms with E-state index in [1.807, 2.05) is 11.6 Å². The summed E-state index contributed by atoms with van der Waals surface area (Å²) in [4.78, 5) is 0. The summed E-state index contributed by atoms with van der Waals surface area (Å²) >= 11 is 0. The van der Waals surface area contributed by atoms with Gasteiger partial charge in [-0.1, -0.05) is 13.8 Å². The molecule has 0 aliphatic rings. The zero-order chi connectivity index (χ0) is 13.9. The Kier molecular flexibility index (Phi) is 5.05. The molecule has 1 aromatic heterocycles. The summed E-state index contributed by atoms with van der Waals surface area (Å²) in [5.74, 6) is 1.71. The molecule has 0 radical (unpaired) electrons. The number of nitrogens with two attached hydrogens (primary N) is 1. The number of nitrogens with zero attached hydrogens (tertiary/aromatic N) is 2. The first-order chi connectivity index (χ1) is 8.32. The Morgan fingerprint density at radius 1 is 1.17 bits per heavy atom. The number of rotatable bonds is 6. The second-order valence-corrected chi connectivity index (χ2v) is 5.90. The summed E-state index contributed by atoms with van der Waals surface area (Å²) in [6.07, 6.45) is 2.38. The molecule has 104 valence electrons. The highest BCUT2D eigenvalue weighted by molar-refractivity contribution is 5.65. The van der Waals surface area contributed by atoms with Crippen molar-refractivity contribution in [2.75, 3.05) is 11.1 Å². The fourth-order valence-corrected chi connectivity index (χ4v) is 1.97. The van der Waals surface area contributed by atoms with Crippen LogP contribution in [0.4, 0.5) is 11.5 Å². The van der Waals surface area contributed by atoms with Crippen LogP contribution in [0.15, 0.2) is 0 Å². The minimum absolute atomic E-state index is 0.320. The largest absolute Gasteiger partial charge is 0.394 e. The van der Waals surface area contributed by atoms with E-state index in [-0.39, 0.29) is 0 Å². The molecule has 1 rings (SSSR count). The van der Waals surface area contributed by atoms with Gasteiger partial charge in [0.1, 0.15) is 5.82 Å². The molecule has 0 aliphatic carbocycles. The Balaban J connectivity index is 2.76. The second kappa shape index (κ2) is 6.12. The third-order valence-electron chi connectivity index (χ3n) is 3.18. The van der Waals surface area contributed by atoms with E-state index in [1.165, 1.54) is 6.42 Å². The summed E-state index contributed by atoms with van der Waals surface area (Å²) in [5, 5.41) is 8.00. The van der Waals surface area contributed by atoms with Gasteiger partial charge in [0.2, 0.25) is 0 Å². The SMILES string of the molecule is Cc1nn(C(C)C)c(NC(C)CCC(C)C)c1N. The van der Waals surface area contributed by atoms with Crippen LogP contribution in [0.25, 0.3) is 0 Å². The zero-order valence-corrected chi connectivity index (χ0v) is 12.6. The van der Waals surface area contributed by atoms with Crippen LogP contribution >= 0.6 is 0 Å². The topological polar surface area (TPSA) is 55.9 Å². The van der Waals surface area contributed by atoms with Gasteiger partial charge >= 0.3 is 0 Å². The number of hydrogen-bond acceptors (Lipinski definition) is 3. The maximum absolute atomic E-state index is 6.10. The molecule has 0 amide bonds. The molecule has 1 atom stereocenters. The lowest BCUT2D eigenvalue weighted by Crippen LogP contribution is -2.20. The molecule has 0 saturated carbocycles. The van der Waals surface area contributed by atoms with Crippen molar-refractivity contribution >= 4 is 11.5 Å². The van der Waals surface area contributed by atoms with E-state index < -0.39 is 0 Å². The van der Waals surface area contributed by atoms with Gasteiger partial charge in [0.25, 0.3) is 0 Å². The molecule has 0 fully saturated rings. The van der Waals surface area contributed by atoms with Gasteiger partial charge in [0.15, 0.2) is 0 Å². The lowest BCUT2D eigenvalue weighted by molar-refractivity contribution is 0.510. The highest BCUT2D eigenvalue weighted by Crippen LogP contribution is 2.26. The smallest absolute Gasteiger partial charge is 0.148 e. The molecule has 0 aromatic carbocycles. The minimum Gasteiger partial charge on any atom is -0.394 e. The Morgan fingerprint density at radius 2 is 1.78 bits per heavy atom. The molecule has 1 heterocycles. The second-order valence-electron chi connectivity index (χ2n) is 5.90. The molecule has 0 aliphatic heterocycles. The van der Waals surface area contributed by atoms with Crippen LogP contribution in [-0.2, 0) is 0 Å². The third-order valence-corrected chi connectivity index (χ3v) is 3.18.